The Morgan fingerprint density at radius 3 is 2.72 bits per heavy atom. The number of hydrogen-bond acceptors (Lipinski definition) is 5. The van der Waals surface area contributed by atoms with Gasteiger partial charge in [0, 0.05) is 17.3 Å². The second-order valence-corrected chi connectivity index (χ2v) is 9.40. The summed E-state index contributed by atoms with van der Waals surface area (Å²) in [6, 6.07) is 0.317. The Balaban J connectivity index is 1.87. The molecule has 2 aromatic heterocycles. The van der Waals surface area contributed by atoms with Gasteiger partial charge in [0.05, 0.1) is 18.1 Å². The van der Waals surface area contributed by atoms with Gasteiger partial charge in [-0.2, -0.15) is 0 Å². The molecular formula is C19H26N2O2S2. The van der Waals surface area contributed by atoms with Crippen LogP contribution < -0.4 is 5.56 Å². The minimum absolute atomic E-state index is 0.183. The van der Waals surface area contributed by atoms with Crippen molar-refractivity contribution in [2.24, 2.45) is 5.92 Å². The molecule has 1 aliphatic carbocycles. The summed E-state index contributed by atoms with van der Waals surface area (Å²) in [5.41, 5.74) is 1.39. The SMILES string of the molecule is CSc1nc2sc3c(c2c(=O)n1C1CCCCC1)C[C@H](C(C)C)OC3. The van der Waals surface area contributed by atoms with Crippen LogP contribution in [0, 0.1) is 5.92 Å². The molecule has 2 aromatic rings. The van der Waals surface area contributed by atoms with Crippen molar-refractivity contribution < 1.29 is 4.74 Å². The van der Waals surface area contributed by atoms with E-state index < -0.39 is 0 Å². The maximum atomic E-state index is 13.5. The first kappa shape index (κ1) is 17.6. The molecular weight excluding hydrogens is 352 g/mol. The zero-order valence-corrected chi connectivity index (χ0v) is 16.8. The van der Waals surface area contributed by atoms with Crippen LogP contribution in [0.1, 0.15) is 62.4 Å². The van der Waals surface area contributed by atoms with Crippen molar-refractivity contribution in [1.29, 1.82) is 0 Å². The third-order valence-corrected chi connectivity index (χ3v) is 7.36. The Bertz CT molecular complexity index is 834. The first-order valence-electron chi connectivity index (χ1n) is 9.32. The van der Waals surface area contributed by atoms with Crippen LogP contribution in [-0.4, -0.2) is 21.9 Å². The van der Waals surface area contributed by atoms with Gasteiger partial charge in [-0.3, -0.25) is 9.36 Å². The highest BCUT2D eigenvalue weighted by Crippen LogP contribution is 2.37. The van der Waals surface area contributed by atoms with E-state index in [0.29, 0.717) is 18.6 Å². The topological polar surface area (TPSA) is 44.1 Å². The van der Waals surface area contributed by atoms with Crippen LogP contribution in [0.2, 0.25) is 0 Å². The average Bonchev–Trinajstić information content (AvgIpc) is 2.99. The number of thioether (sulfide) groups is 1. The summed E-state index contributed by atoms with van der Waals surface area (Å²) < 4.78 is 8.02. The predicted octanol–water partition coefficient (Wildman–Crippen LogP) is 4.78. The molecule has 0 unspecified atom stereocenters. The van der Waals surface area contributed by atoms with Gasteiger partial charge in [0.25, 0.3) is 5.56 Å². The molecule has 0 N–H and O–H groups in total. The second kappa shape index (κ2) is 7.05. The molecule has 2 aliphatic rings. The van der Waals surface area contributed by atoms with Gasteiger partial charge in [0.1, 0.15) is 4.83 Å². The smallest absolute Gasteiger partial charge is 0.263 e. The van der Waals surface area contributed by atoms with E-state index in [2.05, 4.69) is 13.8 Å². The Morgan fingerprint density at radius 1 is 1.28 bits per heavy atom. The average molecular weight is 379 g/mol. The maximum Gasteiger partial charge on any atom is 0.263 e. The highest BCUT2D eigenvalue weighted by atomic mass is 32.2. The quantitative estimate of drug-likeness (QED) is 0.569. The lowest BCUT2D eigenvalue weighted by Crippen LogP contribution is -2.30. The van der Waals surface area contributed by atoms with Crippen LogP contribution in [0.4, 0.5) is 0 Å². The van der Waals surface area contributed by atoms with E-state index in [4.69, 9.17) is 9.72 Å². The monoisotopic (exact) mass is 378 g/mol. The van der Waals surface area contributed by atoms with Gasteiger partial charge >= 0.3 is 0 Å². The molecule has 4 rings (SSSR count). The molecule has 0 radical (unpaired) electrons. The first-order valence-corrected chi connectivity index (χ1v) is 11.4. The molecule has 25 heavy (non-hydrogen) atoms. The standard InChI is InChI=1S/C19H26N2O2S2/c1-11(2)14-9-13-15(10-23-14)25-17-16(13)18(22)21(19(20-17)24-3)12-7-5-4-6-8-12/h11-12,14H,4-10H2,1-3H3/t14-/m1/s1. The molecule has 6 heteroatoms. The van der Waals surface area contributed by atoms with E-state index in [1.165, 1.54) is 29.7 Å². The van der Waals surface area contributed by atoms with Crippen molar-refractivity contribution in [3.8, 4) is 0 Å². The summed E-state index contributed by atoms with van der Waals surface area (Å²) in [6.45, 7) is 5.00. The lowest BCUT2D eigenvalue weighted by Gasteiger charge is -2.27. The fraction of sp³-hybridized carbons (Fsp3) is 0.684. The summed E-state index contributed by atoms with van der Waals surface area (Å²) in [4.78, 5) is 20.5. The zero-order chi connectivity index (χ0) is 17.6. The van der Waals surface area contributed by atoms with Gasteiger partial charge in [0.2, 0.25) is 0 Å². The van der Waals surface area contributed by atoms with Gasteiger partial charge in [-0.05, 0) is 30.6 Å². The summed E-state index contributed by atoms with van der Waals surface area (Å²) >= 11 is 3.25. The van der Waals surface area contributed by atoms with Crippen LogP contribution in [-0.2, 0) is 17.8 Å². The molecule has 0 bridgehead atoms. The molecule has 0 amide bonds. The van der Waals surface area contributed by atoms with E-state index in [9.17, 15) is 4.79 Å². The van der Waals surface area contributed by atoms with Crippen molar-refractivity contribution in [2.45, 2.75) is 76.3 Å². The highest BCUT2D eigenvalue weighted by Gasteiger charge is 2.29. The van der Waals surface area contributed by atoms with Gasteiger partial charge in [0.15, 0.2) is 5.16 Å². The minimum Gasteiger partial charge on any atom is -0.372 e. The summed E-state index contributed by atoms with van der Waals surface area (Å²) in [6.07, 6.45) is 8.99. The minimum atomic E-state index is 0.183. The molecule has 1 fully saturated rings. The van der Waals surface area contributed by atoms with Crippen LogP contribution in [0.25, 0.3) is 10.2 Å². The lowest BCUT2D eigenvalue weighted by molar-refractivity contribution is 0.00200. The van der Waals surface area contributed by atoms with Crippen LogP contribution in [0.15, 0.2) is 9.95 Å². The number of rotatable bonds is 3. The molecule has 136 valence electrons. The fourth-order valence-corrected chi connectivity index (χ4v) is 5.94. The number of aromatic nitrogens is 2. The second-order valence-electron chi connectivity index (χ2n) is 7.55. The lowest BCUT2D eigenvalue weighted by atomic mass is 9.94. The molecule has 1 aliphatic heterocycles. The van der Waals surface area contributed by atoms with Crippen LogP contribution in [0.5, 0.6) is 0 Å². The normalized spacial score (nSPS) is 21.8. The number of nitrogens with zero attached hydrogens (tertiary/aromatic N) is 2. The molecule has 4 nitrogen and oxygen atoms in total. The Labute approximate surface area is 157 Å². The summed E-state index contributed by atoms with van der Waals surface area (Å²) in [5.74, 6) is 0.460. The van der Waals surface area contributed by atoms with E-state index in [1.807, 2.05) is 10.8 Å². The predicted molar refractivity (Wildman–Crippen MR) is 105 cm³/mol. The zero-order valence-electron chi connectivity index (χ0n) is 15.2. The van der Waals surface area contributed by atoms with Crippen molar-refractivity contribution in [3.05, 3.63) is 20.8 Å². The Kier molecular flexibility index (Phi) is 4.95. The highest BCUT2D eigenvalue weighted by molar-refractivity contribution is 7.98. The van der Waals surface area contributed by atoms with Crippen molar-refractivity contribution >= 4 is 33.3 Å². The van der Waals surface area contributed by atoms with Gasteiger partial charge in [-0.15, -0.1) is 11.3 Å². The summed E-state index contributed by atoms with van der Waals surface area (Å²) in [7, 11) is 0. The summed E-state index contributed by atoms with van der Waals surface area (Å²) in [5, 5.41) is 1.75. The largest absolute Gasteiger partial charge is 0.372 e. The third-order valence-electron chi connectivity index (χ3n) is 5.61. The number of thiophene rings is 1. The fourth-order valence-electron chi connectivity index (χ4n) is 4.15. The van der Waals surface area contributed by atoms with Crippen LogP contribution in [0.3, 0.4) is 0 Å². The molecule has 3 heterocycles. The number of ether oxygens (including phenoxy) is 1. The van der Waals surface area contributed by atoms with E-state index in [-0.39, 0.29) is 11.7 Å². The van der Waals surface area contributed by atoms with Crippen molar-refractivity contribution in [1.82, 2.24) is 9.55 Å². The van der Waals surface area contributed by atoms with Crippen molar-refractivity contribution in [3.63, 3.8) is 0 Å². The Morgan fingerprint density at radius 2 is 2.04 bits per heavy atom. The Hall–Kier alpha value is -0.850. The third kappa shape index (κ3) is 3.06. The van der Waals surface area contributed by atoms with Crippen LogP contribution >= 0.6 is 23.1 Å². The maximum absolute atomic E-state index is 13.5. The molecule has 1 atom stereocenters. The van der Waals surface area contributed by atoms with Gasteiger partial charge in [-0.25, -0.2) is 4.98 Å². The van der Waals surface area contributed by atoms with E-state index >= 15 is 0 Å². The van der Waals surface area contributed by atoms with Crippen molar-refractivity contribution in [2.75, 3.05) is 6.26 Å². The molecule has 0 spiro atoms. The van der Waals surface area contributed by atoms with Gasteiger partial charge in [-0.1, -0.05) is 44.9 Å². The first-order chi connectivity index (χ1) is 12.1. The molecule has 0 aromatic carbocycles. The van der Waals surface area contributed by atoms with Gasteiger partial charge < -0.3 is 4.74 Å². The molecule has 0 saturated heterocycles. The number of fused-ring (bicyclic) bond motifs is 3. The molecule has 1 saturated carbocycles. The van der Waals surface area contributed by atoms with E-state index in [1.54, 1.807) is 23.1 Å². The van der Waals surface area contributed by atoms with E-state index in [0.717, 1.165) is 34.6 Å². The number of hydrogen-bond donors (Lipinski definition) is 0.